The average Bonchev–Trinajstić information content (AvgIpc) is 3.29. The predicted octanol–water partition coefficient (Wildman–Crippen LogP) is 7.08. The number of hydrogen-bond donors (Lipinski definition) is 0. The molecule has 0 unspecified atom stereocenters. The molecule has 41 heavy (non-hydrogen) atoms. The van der Waals surface area contributed by atoms with E-state index in [1.54, 1.807) is 38.1 Å². The molecule has 0 N–H and O–H groups in total. The zero-order chi connectivity index (χ0) is 30.6. The highest BCUT2D eigenvalue weighted by Crippen LogP contribution is 2.31. The van der Waals surface area contributed by atoms with Crippen molar-refractivity contribution in [1.29, 1.82) is 0 Å². The van der Waals surface area contributed by atoms with Crippen molar-refractivity contribution in [2.75, 3.05) is 13.2 Å². The van der Waals surface area contributed by atoms with Crippen LogP contribution in [0.15, 0.2) is 42.6 Å². The number of nitrogens with zero attached hydrogens (tertiary/aromatic N) is 4. The molecule has 8 nitrogen and oxygen atoms in total. The summed E-state index contributed by atoms with van der Waals surface area (Å²) < 4.78 is 58.3. The number of carbonyl (C=O) groups is 1. The minimum atomic E-state index is -4.67. The van der Waals surface area contributed by atoms with Crippen LogP contribution in [-0.2, 0) is 27.2 Å². The van der Waals surface area contributed by atoms with Gasteiger partial charge >= 0.3 is 12.1 Å². The van der Waals surface area contributed by atoms with Crippen molar-refractivity contribution >= 4 is 14.0 Å². The number of ether oxygens (including phenoxy) is 3. The van der Waals surface area contributed by atoms with Crippen LogP contribution in [0.25, 0.3) is 22.6 Å². The summed E-state index contributed by atoms with van der Waals surface area (Å²) in [4.78, 5) is 20.6. The average molecular weight is 593 g/mol. The van der Waals surface area contributed by atoms with E-state index >= 15 is 0 Å². The number of aromatic nitrogens is 4. The number of rotatable bonds is 11. The molecule has 0 atom stereocenters. The molecule has 0 amide bonds. The van der Waals surface area contributed by atoms with Crippen LogP contribution >= 0.6 is 0 Å². The summed E-state index contributed by atoms with van der Waals surface area (Å²) in [5.74, 6) is -0.970. The van der Waals surface area contributed by atoms with Crippen LogP contribution < -0.4 is 4.74 Å². The van der Waals surface area contributed by atoms with Crippen LogP contribution in [0.1, 0.15) is 40.4 Å². The van der Waals surface area contributed by atoms with E-state index in [0.29, 0.717) is 23.6 Å². The van der Waals surface area contributed by atoms with Crippen molar-refractivity contribution in [2.45, 2.75) is 78.8 Å². The van der Waals surface area contributed by atoms with Crippen molar-refractivity contribution in [3.8, 4) is 28.4 Å². The molecule has 3 rings (SSSR count). The molecule has 0 aliphatic heterocycles. The van der Waals surface area contributed by atoms with E-state index in [2.05, 4.69) is 34.7 Å². The summed E-state index contributed by atoms with van der Waals surface area (Å²) in [6, 6.07) is 11.3. The van der Waals surface area contributed by atoms with Gasteiger partial charge in [0.15, 0.2) is 5.82 Å². The molecule has 0 radical (unpaired) electrons. The third-order valence-electron chi connectivity index (χ3n) is 5.86. The van der Waals surface area contributed by atoms with Crippen LogP contribution in [-0.4, -0.2) is 52.6 Å². The molecule has 12 heteroatoms. The number of esters is 1. The molecule has 0 spiro atoms. The van der Waals surface area contributed by atoms with Crippen molar-refractivity contribution in [2.24, 2.45) is 5.41 Å². The fourth-order valence-corrected chi connectivity index (χ4v) is 4.21. The molecule has 0 fully saturated rings. The van der Waals surface area contributed by atoms with Crippen LogP contribution in [0.5, 0.6) is 5.75 Å². The Hall–Kier alpha value is -3.25. The Kier molecular flexibility index (Phi) is 9.69. The standard InChI is InChI=1S/C29H39F3N4O4Si/c1-27(2,3)40-26(37)28(4,5)18-39-22-12-9-20(10-13-22)23-14-11-21(17-33-23)24-34-25(29(30,31)32)36(35-24)19-38-15-16-41(6,7)8/h9-14,17H,15-16,18-19H2,1-8H3. The summed E-state index contributed by atoms with van der Waals surface area (Å²) in [5.41, 5.74) is 0.317. The maximum Gasteiger partial charge on any atom is 0.451 e. The van der Waals surface area contributed by atoms with E-state index < -0.39 is 31.1 Å². The molecule has 224 valence electrons. The zero-order valence-corrected chi connectivity index (χ0v) is 25.9. The number of hydrogen-bond acceptors (Lipinski definition) is 7. The molecule has 0 saturated heterocycles. The number of carbonyl (C=O) groups excluding carboxylic acids is 1. The van der Waals surface area contributed by atoms with Crippen molar-refractivity contribution in [1.82, 2.24) is 19.7 Å². The van der Waals surface area contributed by atoms with Crippen molar-refractivity contribution < 1.29 is 32.2 Å². The quantitative estimate of drug-likeness (QED) is 0.133. The Morgan fingerprint density at radius 3 is 2.12 bits per heavy atom. The SMILES string of the molecule is CC(C)(C)OC(=O)C(C)(C)COc1ccc(-c2ccc(-c3nc(C(F)(F)F)n(COCC[Si](C)(C)C)n3)cn2)cc1. The fraction of sp³-hybridized carbons (Fsp3) is 0.517. The molecule has 3 aromatic rings. The second-order valence-electron chi connectivity index (χ2n) is 12.7. The van der Waals surface area contributed by atoms with Gasteiger partial charge in [0.25, 0.3) is 0 Å². The highest BCUT2D eigenvalue weighted by atomic mass is 28.3. The Morgan fingerprint density at radius 2 is 1.59 bits per heavy atom. The first-order valence-corrected chi connectivity index (χ1v) is 17.1. The van der Waals surface area contributed by atoms with Gasteiger partial charge in [-0.05, 0) is 77.1 Å². The van der Waals surface area contributed by atoms with Gasteiger partial charge in [-0.15, -0.1) is 5.10 Å². The van der Waals surface area contributed by atoms with Crippen LogP contribution in [0.4, 0.5) is 13.2 Å². The first-order valence-electron chi connectivity index (χ1n) is 13.4. The van der Waals surface area contributed by atoms with Gasteiger partial charge in [0.2, 0.25) is 5.82 Å². The van der Waals surface area contributed by atoms with Crippen LogP contribution in [0.2, 0.25) is 25.7 Å². The fourth-order valence-electron chi connectivity index (χ4n) is 3.45. The summed E-state index contributed by atoms with van der Waals surface area (Å²) in [6.45, 7) is 15.6. The molecule has 0 aliphatic carbocycles. The topological polar surface area (TPSA) is 88.4 Å². The molecule has 2 aromatic heterocycles. The lowest BCUT2D eigenvalue weighted by Crippen LogP contribution is -2.37. The second kappa shape index (κ2) is 12.3. The first kappa shape index (κ1) is 32.3. The van der Waals surface area contributed by atoms with Gasteiger partial charge in [-0.2, -0.15) is 13.2 Å². The highest BCUT2D eigenvalue weighted by molar-refractivity contribution is 6.76. The minimum Gasteiger partial charge on any atom is -0.492 e. The van der Waals surface area contributed by atoms with E-state index in [4.69, 9.17) is 14.2 Å². The maximum absolute atomic E-state index is 13.6. The van der Waals surface area contributed by atoms with Gasteiger partial charge in [-0.1, -0.05) is 19.6 Å². The summed E-state index contributed by atoms with van der Waals surface area (Å²) >= 11 is 0. The Labute approximate surface area is 240 Å². The molecular weight excluding hydrogens is 553 g/mol. The second-order valence-corrected chi connectivity index (χ2v) is 18.4. The number of halogens is 3. The Balaban J connectivity index is 1.67. The van der Waals surface area contributed by atoms with E-state index in [-0.39, 0.29) is 25.1 Å². The largest absolute Gasteiger partial charge is 0.492 e. The molecule has 0 saturated carbocycles. The minimum absolute atomic E-state index is 0.0819. The van der Waals surface area contributed by atoms with Gasteiger partial charge in [-0.3, -0.25) is 9.78 Å². The number of pyridine rings is 1. The van der Waals surface area contributed by atoms with Crippen molar-refractivity contribution in [3.05, 3.63) is 48.4 Å². The van der Waals surface area contributed by atoms with E-state index in [1.165, 1.54) is 6.20 Å². The van der Waals surface area contributed by atoms with Crippen LogP contribution in [0, 0.1) is 5.41 Å². The molecular formula is C29H39F3N4O4Si. The van der Waals surface area contributed by atoms with Gasteiger partial charge in [0.05, 0.1) is 11.1 Å². The lowest BCUT2D eigenvalue weighted by molar-refractivity contribution is -0.167. The third kappa shape index (κ3) is 9.67. The number of alkyl halides is 3. The molecule has 0 bridgehead atoms. The van der Waals surface area contributed by atoms with Gasteiger partial charge in [0.1, 0.15) is 24.7 Å². The van der Waals surface area contributed by atoms with E-state index in [1.807, 2.05) is 32.9 Å². The van der Waals surface area contributed by atoms with Gasteiger partial charge in [-0.25, -0.2) is 9.67 Å². The zero-order valence-electron chi connectivity index (χ0n) is 24.9. The van der Waals surface area contributed by atoms with E-state index in [9.17, 15) is 18.0 Å². The van der Waals surface area contributed by atoms with Gasteiger partial charge in [0, 0.05) is 32.0 Å². The normalized spacial score (nSPS) is 12.9. The Morgan fingerprint density at radius 1 is 0.951 bits per heavy atom. The lowest BCUT2D eigenvalue weighted by Gasteiger charge is -2.28. The third-order valence-corrected chi connectivity index (χ3v) is 7.56. The van der Waals surface area contributed by atoms with Crippen LogP contribution in [0.3, 0.4) is 0 Å². The van der Waals surface area contributed by atoms with Crippen molar-refractivity contribution in [3.63, 3.8) is 0 Å². The van der Waals surface area contributed by atoms with Gasteiger partial charge < -0.3 is 14.2 Å². The summed E-state index contributed by atoms with van der Waals surface area (Å²) in [7, 11) is -1.38. The highest BCUT2D eigenvalue weighted by Gasteiger charge is 2.38. The number of benzene rings is 1. The Bertz CT molecular complexity index is 1310. The summed E-state index contributed by atoms with van der Waals surface area (Å²) in [6.07, 6.45) is -3.23. The lowest BCUT2D eigenvalue weighted by atomic mass is 9.94. The maximum atomic E-state index is 13.6. The predicted molar refractivity (Wildman–Crippen MR) is 153 cm³/mol. The molecule has 0 aliphatic rings. The first-order chi connectivity index (χ1) is 18.8. The molecule has 2 heterocycles. The monoisotopic (exact) mass is 592 g/mol. The van der Waals surface area contributed by atoms with E-state index in [0.717, 1.165) is 16.3 Å². The summed E-state index contributed by atoms with van der Waals surface area (Å²) in [5, 5.41) is 4.05. The molecule has 1 aromatic carbocycles. The smallest absolute Gasteiger partial charge is 0.451 e.